The van der Waals surface area contributed by atoms with Crippen LogP contribution in [-0.4, -0.2) is 37.4 Å². The lowest BCUT2D eigenvalue weighted by molar-refractivity contribution is -0.274. The van der Waals surface area contributed by atoms with Crippen LogP contribution in [0.15, 0.2) is 48.5 Å². The molecule has 2 aromatic carbocycles. The highest BCUT2D eigenvalue weighted by atomic mass is 19.4. The Morgan fingerprint density at radius 3 is 2.45 bits per heavy atom. The Morgan fingerprint density at radius 1 is 1.03 bits per heavy atom. The van der Waals surface area contributed by atoms with Crippen LogP contribution >= 0.6 is 0 Å². The number of piperidine rings is 1. The average Bonchev–Trinajstić information content (AvgIpc) is 3.11. The first kappa shape index (κ1) is 20.2. The minimum atomic E-state index is -4.65. The molecule has 1 aliphatic heterocycles. The zero-order chi connectivity index (χ0) is 20.4. The first-order valence-corrected chi connectivity index (χ1v) is 10.2. The quantitative estimate of drug-likeness (QED) is 0.706. The van der Waals surface area contributed by atoms with Gasteiger partial charge in [-0.15, -0.1) is 13.2 Å². The molecule has 1 N–H and O–H groups in total. The van der Waals surface area contributed by atoms with E-state index < -0.39 is 6.36 Å². The lowest BCUT2D eigenvalue weighted by atomic mass is 10.1. The zero-order valence-corrected chi connectivity index (χ0v) is 16.6. The normalized spacial score (nSPS) is 23.8. The summed E-state index contributed by atoms with van der Waals surface area (Å²) in [6.07, 6.45) is -3.55. The molecular formula is C23H27F3N2O. The maximum atomic E-state index is 12.3. The zero-order valence-electron chi connectivity index (χ0n) is 16.6. The summed E-state index contributed by atoms with van der Waals surface area (Å²) in [4.78, 5) is 2.56. The Hall–Kier alpha value is -2.05. The number of ether oxygens (including phenoxy) is 1. The number of hydrogen-bond acceptors (Lipinski definition) is 3. The van der Waals surface area contributed by atoms with E-state index in [9.17, 15) is 13.2 Å². The van der Waals surface area contributed by atoms with Crippen LogP contribution in [0.2, 0.25) is 0 Å². The number of rotatable bonds is 8. The van der Waals surface area contributed by atoms with Crippen molar-refractivity contribution in [1.29, 1.82) is 0 Å². The number of halogens is 3. The van der Waals surface area contributed by atoms with Crippen molar-refractivity contribution in [3.63, 3.8) is 0 Å². The molecule has 3 nitrogen and oxygen atoms in total. The van der Waals surface area contributed by atoms with Crippen molar-refractivity contribution < 1.29 is 17.9 Å². The Morgan fingerprint density at radius 2 is 1.76 bits per heavy atom. The summed E-state index contributed by atoms with van der Waals surface area (Å²) in [5.74, 6) is 2.06. The van der Waals surface area contributed by atoms with Crippen molar-refractivity contribution in [2.24, 2.45) is 17.8 Å². The summed E-state index contributed by atoms with van der Waals surface area (Å²) in [6, 6.07) is 15.0. The summed E-state index contributed by atoms with van der Waals surface area (Å²) < 4.78 is 41.0. The summed E-state index contributed by atoms with van der Waals surface area (Å²) in [6.45, 7) is 7.03. The molecule has 1 saturated carbocycles. The van der Waals surface area contributed by atoms with Crippen molar-refractivity contribution in [1.82, 2.24) is 10.2 Å². The maximum Gasteiger partial charge on any atom is 0.573 e. The van der Waals surface area contributed by atoms with Gasteiger partial charge >= 0.3 is 6.36 Å². The number of nitrogens with zero attached hydrogens (tertiary/aromatic N) is 1. The molecule has 2 aromatic rings. The summed E-state index contributed by atoms with van der Waals surface area (Å²) in [5.41, 5.74) is 3.49. The fraction of sp³-hybridized carbons (Fsp3) is 0.478. The van der Waals surface area contributed by atoms with Gasteiger partial charge < -0.3 is 15.0 Å². The smallest absolute Gasteiger partial charge is 0.406 e. The number of fused-ring (bicyclic) bond motifs is 1. The van der Waals surface area contributed by atoms with Gasteiger partial charge in [0.1, 0.15) is 5.75 Å². The first-order chi connectivity index (χ1) is 13.9. The predicted molar refractivity (Wildman–Crippen MR) is 107 cm³/mol. The highest BCUT2D eigenvalue weighted by molar-refractivity contribution is 5.28. The number of hydrogen-bond donors (Lipinski definition) is 1. The molecule has 2 fully saturated rings. The van der Waals surface area contributed by atoms with Gasteiger partial charge in [-0.3, -0.25) is 0 Å². The molecule has 4 rings (SSSR count). The molecule has 1 heterocycles. The third-order valence-corrected chi connectivity index (χ3v) is 6.13. The van der Waals surface area contributed by atoms with E-state index in [2.05, 4.69) is 46.1 Å². The largest absolute Gasteiger partial charge is 0.573 e. The molecule has 0 radical (unpaired) electrons. The van der Waals surface area contributed by atoms with E-state index in [0.717, 1.165) is 50.0 Å². The van der Waals surface area contributed by atoms with Gasteiger partial charge in [-0.1, -0.05) is 42.0 Å². The molecule has 6 heteroatoms. The Bertz CT molecular complexity index is 810. The van der Waals surface area contributed by atoms with Gasteiger partial charge in [0, 0.05) is 26.2 Å². The van der Waals surface area contributed by atoms with Crippen molar-refractivity contribution >= 4 is 0 Å². The third-order valence-electron chi connectivity index (χ3n) is 6.13. The monoisotopic (exact) mass is 404 g/mol. The van der Waals surface area contributed by atoms with Gasteiger partial charge in [0.25, 0.3) is 0 Å². The van der Waals surface area contributed by atoms with Gasteiger partial charge in [-0.05, 0) is 60.9 Å². The van der Waals surface area contributed by atoms with Crippen molar-refractivity contribution in [3.05, 3.63) is 65.2 Å². The second kappa shape index (κ2) is 8.36. The van der Waals surface area contributed by atoms with E-state index in [1.165, 1.54) is 23.3 Å². The molecule has 0 amide bonds. The molecule has 29 heavy (non-hydrogen) atoms. The number of aryl methyl sites for hydroxylation is 1. The van der Waals surface area contributed by atoms with Gasteiger partial charge in [-0.2, -0.15) is 0 Å². The van der Waals surface area contributed by atoms with Gasteiger partial charge in [0.2, 0.25) is 0 Å². The van der Waals surface area contributed by atoms with Crippen LogP contribution in [0.3, 0.4) is 0 Å². The number of nitrogens with one attached hydrogen (secondary N) is 1. The van der Waals surface area contributed by atoms with E-state index in [-0.39, 0.29) is 5.75 Å². The van der Waals surface area contributed by atoms with Crippen molar-refractivity contribution in [3.8, 4) is 5.75 Å². The average molecular weight is 404 g/mol. The molecule has 156 valence electrons. The van der Waals surface area contributed by atoms with Gasteiger partial charge in [0.05, 0.1) is 0 Å². The molecule has 0 bridgehead atoms. The van der Waals surface area contributed by atoms with Crippen LogP contribution in [0.4, 0.5) is 13.2 Å². The Balaban J connectivity index is 1.15. The third kappa shape index (κ3) is 5.52. The standard InChI is InChI=1S/C23H27F3N2O/c1-16-5-7-17(8-6-16)9-10-28-14-21-20(22(21)15-28)13-27-12-18-3-2-4-19(11-18)29-23(24,25)26/h2-8,11,20-22,27H,9-10,12-15H2,1H3. The van der Waals surface area contributed by atoms with Gasteiger partial charge in [-0.25, -0.2) is 0 Å². The number of likely N-dealkylation sites (tertiary alicyclic amines) is 1. The van der Waals surface area contributed by atoms with Crippen LogP contribution in [0, 0.1) is 24.7 Å². The maximum absolute atomic E-state index is 12.3. The van der Waals surface area contributed by atoms with Crippen LogP contribution in [0.25, 0.3) is 0 Å². The minimum absolute atomic E-state index is 0.163. The number of alkyl halides is 3. The second-order valence-corrected chi connectivity index (χ2v) is 8.31. The van der Waals surface area contributed by atoms with Crippen LogP contribution in [-0.2, 0) is 13.0 Å². The summed E-state index contributed by atoms with van der Waals surface area (Å²) >= 11 is 0. The first-order valence-electron chi connectivity index (χ1n) is 10.2. The molecule has 1 saturated heterocycles. The minimum Gasteiger partial charge on any atom is -0.406 e. The number of benzene rings is 2. The summed E-state index contributed by atoms with van der Waals surface area (Å²) in [7, 11) is 0. The molecule has 1 aliphatic carbocycles. The van der Waals surface area contributed by atoms with Crippen molar-refractivity contribution in [2.45, 2.75) is 26.3 Å². The summed E-state index contributed by atoms with van der Waals surface area (Å²) in [5, 5.41) is 3.40. The fourth-order valence-corrected chi connectivity index (χ4v) is 4.50. The van der Waals surface area contributed by atoms with Crippen LogP contribution in [0.5, 0.6) is 5.75 Å². The molecule has 0 spiro atoms. The SMILES string of the molecule is Cc1ccc(CCN2CC3C(CNCc4cccc(OC(F)(F)F)c4)C3C2)cc1. The predicted octanol–water partition coefficient (Wildman–Crippen LogP) is 4.40. The highest BCUT2D eigenvalue weighted by Crippen LogP contribution is 2.51. The van der Waals surface area contributed by atoms with E-state index in [1.54, 1.807) is 6.07 Å². The van der Waals surface area contributed by atoms with E-state index >= 15 is 0 Å². The molecule has 2 unspecified atom stereocenters. The van der Waals surface area contributed by atoms with E-state index in [1.807, 2.05) is 6.07 Å². The molecule has 2 aliphatic rings. The fourth-order valence-electron chi connectivity index (χ4n) is 4.50. The Labute approximate surface area is 169 Å². The van der Waals surface area contributed by atoms with Gasteiger partial charge in [0.15, 0.2) is 0 Å². The molecule has 2 atom stereocenters. The van der Waals surface area contributed by atoms with Crippen LogP contribution < -0.4 is 10.1 Å². The Kier molecular flexibility index (Phi) is 5.83. The lowest BCUT2D eigenvalue weighted by Crippen LogP contribution is -2.29. The highest BCUT2D eigenvalue weighted by Gasteiger charge is 2.54. The van der Waals surface area contributed by atoms with E-state index in [4.69, 9.17) is 0 Å². The van der Waals surface area contributed by atoms with Crippen LogP contribution in [0.1, 0.15) is 16.7 Å². The lowest BCUT2D eigenvalue weighted by Gasteiger charge is -2.19. The van der Waals surface area contributed by atoms with Crippen molar-refractivity contribution in [2.75, 3.05) is 26.2 Å². The molecule has 0 aromatic heterocycles. The molecular weight excluding hydrogens is 377 g/mol. The second-order valence-electron chi connectivity index (χ2n) is 8.31. The topological polar surface area (TPSA) is 24.5 Å². The van der Waals surface area contributed by atoms with E-state index in [0.29, 0.717) is 12.5 Å².